The summed E-state index contributed by atoms with van der Waals surface area (Å²) in [6, 6.07) is 4.89. The molecule has 0 aromatic heterocycles. The third-order valence-electron chi connectivity index (χ3n) is 2.69. The molecule has 0 bridgehead atoms. The first-order chi connectivity index (χ1) is 11.3. The van der Waals surface area contributed by atoms with Gasteiger partial charge in [-0.15, -0.1) is 0 Å². The second-order valence-corrected chi connectivity index (χ2v) is 8.03. The van der Waals surface area contributed by atoms with E-state index >= 15 is 0 Å². The largest absolute Gasteiger partial charge is 0.456 e. The van der Waals surface area contributed by atoms with Gasteiger partial charge in [0, 0.05) is 5.33 Å². The summed E-state index contributed by atoms with van der Waals surface area (Å²) in [5, 5.41) is 2.95. The average Bonchev–Trinajstić information content (AvgIpc) is 2.43. The molecule has 1 amide bonds. The Labute approximate surface area is 156 Å². The van der Waals surface area contributed by atoms with E-state index in [1.165, 1.54) is 0 Å². The van der Waals surface area contributed by atoms with E-state index in [1.807, 2.05) is 0 Å². The zero-order chi connectivity index (χ0) is 19.4. The number of nitrogens with one attached hydrogen (secondary N) is 1. The van der Waals surface area contributed by atoms with Crippen molar-refractivity contribution in [3.63, 3.8) is 0 Å². The Kier molecular flexibility index (Phi) is 6.76. The first-order valence-corrected chi connectivity index (χ1v) is 8.91. The van der Waals surface area contributed by atoms with E-state index in [0.29, 0.717) is 5.33 Å². The molecule has 1 aromatic carbocycles. The highest BCUT2D eigenvalue weighted by atomic mass is 79.9. The summed E-state index contributed by atoms with van der Waals surface area (Å²) in [6.45, 7) is 10.2. The molecule has 0 radical (unpaired) electrons. The number of amides is 1. The maximum Gasteiger partial charge on any atom is 0.397 e. The van der Waals surface area contributed by atoms with Gasteiger partial charge in [-0.2, -0.15) is 0 Å². The molecule has 138 valence electrons. The van der Waals surface area contributed by atoms with Gasteiger partial charge in [0.05, 0.1) is 11.3 Å². The number of ether oxygens (including phenoxy) is 2. The van der Waals surface area contributed by atoms with E-state index in [2.05, 4.69) is 21.2 Å². The van der Waals surface area contributed by atoms with Crippen molar-refractivity contribution in [3.05, 3.63) is 29.3 Å². The van der Waals surface area contributed by atoms with Gasteiger partial charge < -0.3 is 14.8 Å². The number of carbonyl (C=O) groups is 3. The van der Waals surface area contributed by atoms with Gasteiger partial charge in [0.15, 0.2) is 0 Å². The Morgan fingerprint density at radius 3 is 2.04 bits per heavy atom. The quantitative estimate of drug-likeness (QED) is 0.462. The van der Waals surface area contributed by atoms with E-state index in [-0.39, 0.29) is 11.3 Å². The van der Waals surface area contributed by atoms with Crippen molar-refractivity contribution in [3.8, 4) is 0 Å². The summed E-state index contributed by atoms with van der Waals surface area (Å²) in [7, 11) is 0. The molecule has 0 unspecified atom stereocenters. The van der Waals surface area contributed by atoms with E-state index in [4.69, 9.17) is 9.47 Å². The van der Waals surface area contributed by atoms with Crippen LogP contribution in [0.1, 0.15) is 57.5 Å². The third-order valence-corrected chi connectivity index (χ3v) is 3.34. The van der Waals surface area contributed by atoms with Gasteiger partial charge in [-0.25, -0.2) is 9.59 Å². The van der Waals surface area contributed by atoms with Gasteiger partial charge in [-0.1, -0.05) is 22.0 Å². The summed E-state index contributed by atoms with van der Waals surface area (Å²) in [5.74, 6) is -2.56. The molecule has 1 N–H and O–H groups in total. The molecule has 0 aliphatic rings. The molecular formula is C18H24BrNO5. The number of carbonyl (C=O) groups excluding carboxylic acids is 3. The zero-order valence-corrected chi connectivity index (χ0v) is 16.9. The highest BCUT2D eigenvalue weighted by Gasteiger charge is 2.26. The number of benzene rings is 1. The van der Waals surface area contributed by atoms with E-state index in [9.17, 15) is 14.4 Å². The Morgan fingerprint density at radius 1 is 1.00 bits per heavy atom. The second-order valence-electron chi connectivity index (χ2n) is 7.47. The Balaban J connectivity index is 3.08. The number of esters is 2. The Bertz CT molecular complexity index is 671. The van der Waals surface area contributed by atoms with Crippen LogP contribution in [-0.2, 0) is 24.4 Å². The van der Waals surface area contributed by atoms with E-state index in [1.54, 1.807) is 59.7 Å². The van der Waals surface area contributed by atoms with Crippen LogP contribution in [0.4, 0.5) is 5.69 Å². The highest BCUT2D eigenvalue weighted by Crippen LogP contribution is 2.23. The van der Waals surface area contributed by atoms with Crippen LogP contribution in [0, 0.1) is 0 Å². The first kappa shape index (κ1) is 21.2. The summed E-state index contributed by atoms with van der Waals surface area (Å²) < 4.78 is 10.4. The van der Waals surface area contributed by atoms with Crippen molar-refractivity contribution in [2.75, 3.05) is 5.32 Å². The fourth-order valence-corrected chi connectivity index (χ4v) is 2.13. The summed E-state index contributed by atoms with van der Waals surface area (Å²) in [6.07, 6.45) is 0. The molecule has 0 saturated carbocycles. The van der Waals surface area contributed by atoms with Crippen molar-refractivity contribution in [1.82, 2.24) is 0 Å². The molecule has 0 fully saturated rings. The Hall–Kier alpha value is -1.89. The van der Waals surface area contributed by atoms with Gasteiger partial charge in [0.25, 0.3) is 0 Å². The maximum atomic E-state index is 12.4. The molecule has 7 heteroatoms. The van der Waals surface area contributed by atoms with Crippen molar-refractivity contribution in [2.45, 2.75) is 58.1 Å². The second kappa shape index (κ2) is 7.99. The number of anilines is 1. The van der Waals surface area contributed by atoms with Crippen molar-refractivity contribution >= 4 is 39.5 Å². The van der Waals surface area contributed by atoms with Crippen LogP contribution in [0.15, 0.2) is 18.2 Å². The summed E-state index contributed by atoms with van der Waals surface area (Å²) in [4.78, 5) is 36.3. The standard InChI is InChI=1S/C18H24BrNO5/c1-17(2,3)24-15(22)12-9-11(10-19)7-8-13(12)20-14(21)16(23)25-18(4,5)6/h7-9H,10H2,1-6H3,(H,20,21). The maximum absolute atomic E-state index is 12.4. The van der Waals surface area contributed by atoms with Crippen molar-refractivity contribution in [2.24, 2.45) is 0 Å². The van der Waals surface area contributed by atoms with Crippen LogP contribution < -0.4 is 5.32 Å². The lowest BCUT2D eigenvalue weighted by Crippen LogP contribution is -2.33. The van der Waals surface area contributed by atoms with E-state index in [0.717, 1.165) is 5.56 Å². The van der Waals surface area contributed by atoms with Gasteiger partial charge in [-0.3, -0.25) is 4.79 Å². The molecule has 0 saturated heterocycles. The lowest BCUT2D eigenvalue weighted by molar-refractivity contribution is -0.161. The Morgan fingerprint density at radius 2 is 1.56 bits per heavy atom. The van der Waals surface area contributed by atoms with Gasteiger partial charge in [0.1, 0.15) is 11.2 Å². The van der Waals surface area contributed by atoms with Gasteiger partial charge in [-0.05, 0) is 59.2 Å². The number of hydrogen-bond acceptors (Lipinski definition) is 5. The molecular weight excluding hydrogens is 390 g/mol. The molecule has 1 aromatic rings. The predicted molar refractivity (Wildman–Crippen MR) is 98.7 cm³/mol. The first-order valence-electron chi connectivity index (χ1n) is 7.79. The number of rotatable bonds is 3. The van der Waals surface area contributed by atoms with Crippen LogP contribution in [0.2, 0.25) is 0 Å². The molecule has 6 nitrogen and oxygen atoms in total. The SMILES string of the molecule is CC(C)(C)OC(=O)C(=O)Nc1ccc(CBr)cc1C(=O)OC(C)(C)C. The smallest absolute Gasteiger partial charge is 0.397 e. The van der Waals surface area contributed by atoms with Gasteiger partial charge >= 0.3 is 17.8 Å². The minimum absolute atomic E-state index is 0.170. The fourth-order valence-electron chi connectivity index (χ4n) is 1.78. The summed E-state index contributed by atoms with van der Waals surface area (Å²) >= 11 is 3.32. The normalized spacial score (nSPS) is 11.6. The minimum Gasteiger partial charge on any atom is -0.456 e. The third kappa shape index (κ3) is 7.25. The van der Waals surface area contributed by atoms with Gasteiger partial charge in [0.2, 0.25) is 0 Å². The molecule has 0 aliphatic carbocycles. The topological polar surface area (TPSA) is 81.7 Å². The fraction of sp³-hybridized carbons (Fsp3) is 0.500. The van der Waals surface area contributed by atoms with E-state index < -0.39 is 29.0 Å². The number of halogens is 1. The zero-order valence-electron chi connectivity index (χ0n) is 15.4. The average molecular weight is 414 g/mol. The molecule has 0 aliphatic heterocycles. The molecule has 0 atom stereocenters. The van der Waals surface area contributed by atoms with Crippen LogP contribution >= 0.6 is 15.9 Å². The van der Waals surface area contributed by atoms with Crippen LogP contribution in [-0.4, -0.2) is 29.0 Å². The van der Waals surface area contributed by atoms with Crippen molar-refractivity contribution < 1.29 is 23.9 Å². The molecule has 0 heterocycles. The van der Waals surface area contributed by atoms with Crippen LogP contribution in [0.5, 0.6) is 0 Å². The highest BCUT2D eigenvalue weighted by molar-refractivity contribution is 9.08. The lowest BCUT2D eigenvalue weighted by atomic mass is 10.1. The molecule has 1 rings (SSSR count). The molecule has 0 spiro atoms. The lowest BCUT2D eigenvalue weighted by Gasteiger charge is -2.21. The number of alkyl halides is 1. The minimum atomic E-state index is -1.02. The summed E-state index contributed by atoms with van der Waals surface area (Å²) in [5.41, 5.74) is -0.286. The van der Waals surface area contributed by atoms with Crippen LogP contribution in [0.25, 0.3) is 0 Å². The van der Waals surface area contributed by atoms with Crippen LogP contribution in [0.3, 0.4) is 0 Å². The number of hydrogen-bond donors (Lipinski definition) is 1. The van der Waals surface area contributed by atoms with Crippen molar-refractivity contribution in [1.29, 1.82) is 0 Å². The predicted octanol–water partition coefficient (Wildman–Crippen LogP) is 3.82. The molecule has 25 heavy (non-hydrogen) atoms. The monoisotopic (exact) mass is 413 g/mol.